The summed E-state index contributed by atoms with van der Waals surface area (Å²) in [4.78, 5) is 42.9. The fraction of sp³-hybridized carbons (Fsp3) is 0.250. The van der Waals surface area contributed by atoms with Crippen molar-refractivity contribution in [2.24, 2.45) is 0 Å². The molecule has 0 atom stereocenters. The second-order valence-corrected chi connectivity index (χ2v) is 10.7. The van der Waals surface area contributed by atoms with E-state index in [4.69, 9.17) is 9.47 Å². The SMILES string of the molecule is COc1ccc(CCN(CCC(=O)O)C(=O)c2ccccc2-c2ccccc2C(=O)N2CCc3ccccc3C2)cc1OC. The van der Waals surface area contributed by atoms with Gasteiger partial charge in [-0.2, -0.15) is 0 Å². The number of benzene rings is 4. The van der Waals surface area contributed by atoms with Gasteiger partial charge in [-0.3, -0.25) is 14.4 Å². The number of ether oxygens (including phenoxy) is 2. The molecule has 1 N–H and O–H groups in total. The largest absolute Gasteiger partial charge is 0.493 e. The highest BCUT2D eigenvalue weighted by atomic mass is 16.5. The first-order valence-corrected chi connectivity index (χ1v) is 14.7. The smallest absolute Gasteiger partial charge is 0.305 e. The molecule has 226 valence electrons. The lowest BCUT2D eigenvalue weighted by Gasteiger charge is -2.30. The highest BCUT2D eigenvalue weighted by Gasteiger charge is 2.26. The predicted octanol–water partition coefficient (Wildman–Crippen LogP) is 5.73. The van der Waals surface area contributed by atoms with Crippen LogP contribution in [0.15, 0.2) is 91.0 Å². The van der Waals surface area contributed by atoms with Crippen LogP contribution in [0.25, 0.3) is 11.1 Å². The third-order valence-corrected chi connectivity index (χ3v) is 8.02. The van der Waals surface area contributed by atoms with Crippen LogP contribution >= 0.6 is 0 Å². The van der Waals surface area contributed by atoms with Crippen LogP contribution in [0.3, 0.4) is 0 Å². The molecule has 1 aliphatic heterocycles. The summed E-state index contributed by atoms with van der Waals surface area (Å²) in [5.74, 6) is -0.186. The van der Waals surface area contributed by atoms with Crippen molar-refractivity contribution in [3.05, 3.63) is 119 Å². The first-order valence-electron chi connectivity index (χ1n) is 14.7. The second-order valence-electron chi connectivity index (χ2n) is 10.7. The molecule has 0 aromatic heterocycles. The number of carboxylic acid groups (broad SMARTS) is 1. The molecule has 5 rings (SSSR count). The molecule has 0 saturated carbocycles. The molecular formula is C36H36N2O6. The summed E-state index contributed by atoms with van der Waals surface area (Å²) in [7, 11) is 3.13. The maximum atomic E-state index is 14.1. The molecule has 0 unspecified atom stereocenters. The summed E-state index contributed by atoms with van der Waals surface area (Å²) >= 11 is 0. The molecule has 0 saturated heterocycles. The molecule has 2 amide bonds. The molecular weight excluding hydrogens is 556 g/mol. The van der Waals surface area contributed by atoms with Gasteiger partial charge >= 0.3 is 5.97 Å². The fourth-order valence-electron chi connectivity index (χ4n) is 5.66. The Kier molecular flexibility index (Phi) is 9.59. The molecule has 1 heterocycles. The predicted molar refractivity (Wildman–Crippen MR) is 168 cm³/mol. The van der Waals surface area contributed by atoms with Crippen LogP contribution < -0.4 is 9.47 Å². The van der Waals surface area contributed by atoms with Crippen LogP contribution in [0.5, 0.6) is 11.5 Å². The normalized spacial score (nSPS) is 12.3. The summed E-state index contributed by atoms with van der Waals surface area (Å²) in [5.41, 5.74) is 5.55. The number of rotatable bonds is 11. The minimum Gasteiger partial charge on any atom is -0.493 e. The molecule has 4 aromatic rings. The van der Waals surface area contributed by atoms with E-state index in [-0.39, 0.29) is 24.8 Å². The maximum absolute atomic E-state index is 14.1. The first-order chi connectivity index (χ1) is 21.4. The average Bonchev–Trinajstić information content (AvgIpc) is 3.07. The van der Waals surface area contributed by atoms with Crippen LogP contribution in [0.1, 0.15) is 43.8 Å². The van der Waals surface area contributed by atoms with Crippen molar-refractivity contribution in [2.45, 2.75) is 25.8 Å². The maximum Gasteiger partial charge on any atom is 0.305 e. The van der Waals surface area contributed by atoms with E-state index in [1.54, 1.807) is 37.3 Å². The van der Waals surface area contributed by atoms with Crippen LogP contribution in [0, 0.1) is 0 Å². The summed E-state index contributed by atoms with van der Waals surface area (Å²) in [6, 6.07) is 28.3. The van der Waals surface area contributed by atoms with Crippen molar-refractivity contribution in [2.75, 3.05) is 33.9 Å². The van der Waals surface area contributed by atoms with Crippen LogP contribution in [-0.2, 0) is 24.2 Å². The molecule has 0 spiro atoms. The number of hydrogen-bond acceptors (Lipinski definition) is 5. The standard InChI is InChI=1S/C36H36N2O6/c1-43-32-16-15-25(23-33(32)44-2)17-20-37(22-19-34(39)40)35(41)30-13-7-5-11-28(30)29-12-6-8-14-31(29)36(42)38-21-18-26-9-3-4-10-27(26)24-38/h3-16,23H,17-22,24H2,1-2H3,(H,39,40). The lowest BCUT2D eigenvalue weighted by Crippen LogP contribution is -2.36. The quantitative estimate of drug-likeness (QED) is 0.239. The van der Waals surface area contributed by atoms with Gasteiger partial charge in [0, 0.05) is 37.3 Å². The van der Waals surface area contributed by atoms with Gasteiger partial charge in [-0.15, -0.1) is 0 Å². The van der Waals surface area contributed by atoms with Crippen LogP contribution in [0.4, 0.5) is 0 Å². The molecule has 4 aromatic carbocycles. The van der Waals surface area contributed by atoms with Gasteiger partial charge in [0.25, 0.3) is 11.8 Å². The van der Waals surface area contributed by atoms with Gasteiger partial charge in [0.2, 0.25) is 0 Å². The topological polar surface area (TPSA) is 96.4 Å². The van der Waals surface area contributed by atoms with Crippen molar-refractivity contribution >= 4 is 17.8 Å². The Morgan fingerprint density at radius 2 is 1.41 bits per heavy atom. The van der Waals surface area contributed by atoms with Crippen LogP contribution in [0.2, 0.25) is 0 Å². The van der Waals surface area contributed by atoms with Gasteiger partial charge < -0.3 is 24.4 Å². The minimum absolute atomic E-state index is 0.0452. The number of carbonyl (C=O) groups excluding carboxylic acids is 2. The highest BCUT2D eigenvalue weighted by molar-refractivity contribution is 6.06. The summed E-state index contributed by atoms with van der Waals surface area (Å²) in [6.45, 7) is 1.49. The number of carbonyl (C=O) groups is 3. The Bertz CT molecular complexity index is 1670. The lowest BCUT2D eigenvalue weighted by molar-refractivity contribution is -0.137. The van der Waals surface area contributed by atoms with E-state index in [1.807, 2.05) is 65.6 Å². The Labute approximate surface area is 257 Å². The Hall–Kier alpha value is -5.11. The van der Waals surface area contributed by atoms with Gasteiger partial charge in [-0.05, 0) is 64.9 Å². The molecule has 0 radical (unpaired) electrons. The molecule has 8 heteroatoms. The van der Waals surface area contributed by atoms with Gasteiger partial charge in [-0.1, -0.05) is 66.7 Å². The van der Waals surface area contributed by atoms with Crippen molar-refractivity contribution in [3.63, 3.8) is 0 Å². The van der Waals surface area contributed by atoms with Gasteiger partial charge in [-0.25, -0.2) is 0 Å². The number of amides is 2. The lowest BCUT2D eigenvalue weighted by atomic mass is 9.93. The van der Waals surface area contributed by atoms with Gasteiger partial charge in [0.05, 0.1) is 20.6 Å². The van der Waals surface area contributed by atoms with Crippen molar-refractivity contribution < 1.29 is 29.0 Å². The number of carboxylic acids is 1. The number of aliphatic carboxylic acids is 1. The second kappa shape index (κ2) is 13.9. The number of fused-ring (bicyclic) bond motifs is 1. The van der Waals surface area contributed by atoms with E-state index in [1.165, 1.54) is 5.56 Å². The van der Waals surface area contributed by atoms with Crippen molar-refractivity contribution in [1.82, 2.24) is 9.80 Å². The van der Waals surface area contributed by atoms with Crippen molar-refractivity contribution in [1.29, 1.82) is 0 Å². The molecule has 1 aliphatic rings. The molecule has 8 nitrogen and oxygen atoms in total. The fourth-order valence-corrected chi connectivity index (χ4v) is 5.66. The number of nitrogens with zero attached hydrogens (tertiary/aromatic N) is 2. The van der Waals surface area contributed by atoms with E-state index in [9.17, 15) is 19.5 Å². The number of methoxy groups -OCH3 is 2. The van der Waals surface area contributed by atoms with Gasteiger partial charge in [0.1, 0.15) is 0 Å². The molecule has 0 aliphatic carbocycles. The zero-order chi connectivity index (χ0) is 31.1. The van der Waals surface area contributed by atoms with E-state index >= 15 is 0 Å². The molecule has 0 bridgehead atoms. The first kappa shape index (κ1) is 30.4. The Balaban J connectivity index is 1.43. The zero-order valence-corrected chi connectivity index (χ0v) is 25.0. The zero-order valence-electron chi connectivity index (χ0n) is 25.0. The Morgan fingerprint density at radius 3 is 2.11 bits per heavy atom. The summed E-state index contributed by atoms with van der Waals surface area (Å²) in [6.07, 6.45) is 1.09. The molecule has 0 fully saturated rings. The molecule has 44 heavy (non-hydrogen) atoms. The third kappa shape index (κ3) is 6.75. The van der Waals surface area contributed by atoms with E-state index in [0.29, 0.717) is 59.8 Å². The van der Waals surface area contributed by atoms with Crippen LogP contribution in [-0.4, -0.2) is 66.5 Å². The highest BCUT2D eigenvalue weighted by Crippen LogP contribution is 2.31. The minimum atomic E-state index is -0.985. The third-order valence-electron chi connectivity index (χ3n) is 8.02. The average molecular weight is 593 g/mol. The summed E-state index contributed by atoms with van der Waals surface area (Å²) < 4.78 is 10.8. The van der Waals surface area contributed by atoms with Crippen molar-refractivity contribution in [3.8, 4) is 22.6 Å². The van der Waals surface area contributed by atoms with Gasteiger partial charge in [0.15, 0.2) is 11.5 Å². The monoisotopic (exact) mass is 592 g/mol. The van der Waals surface area contributed by atoms with E-state index in [2.05, 4.69) is 12.1 Å². The van der Waals surface area contributed by atoms with E-state index < -0.39 is 5.97 Å². The summed E-state index contributed by atoms with van der Waals surface area (Å²) in [5, 5.41) is 9.43. The van der Waals surface area contributed by atoms with E-state index in [0.717, 1.165) is 17.5 Å². The number of hydrogen-bond donors (Lipinski definition) is 1. The Morgan fingerprint density at radius 1 is 0.773 bits per heavy atom.